The largest absolute Gasteiger partial charge is 0.197 e. The molecule has 0 saturated heterocycles. The van der Waals surface area contributed by atoms with E-state index in [1.807, 2.05) is 29.7 Å². The molecule has 0 amide bonds. The van der Waals surface area contributed by atoms with Crippen molar-refractivity contribution in [2.45, 2.75) is 6.42 Å². The molecule has 0 fully saturated rings. The van der Waals surface area contributed by atoms with Crippen molar-refractivity contribution in [3.05, 3.63) is 22.4 Å². The van der Waals surface area contributed by atoms with Crippen LogP contribution in [0.1, 0.15) is 4.88 Å². The molecule has 54 valence electrons. The van der Waals surface area contributed by atoms with Gasteiger partial charge >= 0.3 is 0 Å². The van der Waals surface area contributed by atoms with E-state index < -0.39 is 5.92 Å². The third-order valence-corrected chi connectivity index (χ3v) is 2.20. The molecule has 0 unspecified atom stereocenters. The van der Waals surface area contributed by atoms with Gasteiger partial charge in [-0.1, -0.05) is 6.07 Å². The lowest BCUT2D eigenvalue weighted by atomic mass is 10.1. The number of hydrogen-bond donors (Lipinski definition) is 0. The molecular weight excluding hydrogens is 156 g/mol. The van der Waals surface area contributed by atoms with Crippen LogP contribution in [0, 0.1) is 28.6 Å². The zero-order chi connectivity index (χ0) is 8.10. The van der Waals surface area contributed by atoms with Gasteiger partial charge in [0, 0.05) is 11.3 Å². The van der Waals surface area contributed by atoms with Crippen LogP contribution in [-0.4, -0.2) is 0 Å². The van der Waals surface area contributed by atoms with Crippen molar-refractivity contribution in [2.24, 2.45) is 5.92 Å². The molecule has 0 spiro atoms. The summed E-state index contributed by atoms with van der Waals surface area (Å²) in [6, 6.07) is 7.73. The van der Waals surface area contributed by atoms with Gasteiger partial charge in [-0.2, -0.15) is 10.5 Å². The summed E-state index contributed by atoms with van der Waals surface area (Å²) in [4.78, 5) is 1.10. The van der Waals surface area contributed by atoms with Gasteiger partial charge in [0.15, 0.2) is 0 Å². The van der Waals surface area contributed by atoms with Gasteiger partial charge in [0.2, 0.25) is 0 Å². The third-order valence-electron chi connectivity index (χ3n) is 1.30. The second-order valence-electron chi connectivity index (χ2n) is 2.09. The average Bonchev–Trinajstić information content (AvgIpc) is 2.52. The van der Waals surface area contributed by atoms with Gasteiger partial charge in [0.05, 0.1) is 12.1 Å². The second-order valence-corrected chi connectivity index (χ2v) is 3.13. The maximum atomic E-state index is 8.46. The molecule has 0 radical (unpaired) electrons. The Kier molecular flexibility index (Phi) is 2.66. The lowest BCUT2D eigenvalue weighted by Gasteiger charge is -1.93. The molecule has 0 aliphatic heterocycles. The summed E-state index contributed by atoms with van der Waals surface area (Å²) >= 11 is 1.58. The summed E-state index contributed by atoms with van der Waals surface area (Å²) in [5.41, 5.74) is 0. The highest BCUT2D eigenvalue weighted by atomic mass is 32.1. The highest BCUT2D eigenvalue weighted by molar-refractivity contribution is 7.09. The SMILES string of the molecule is N#CC(C#N)Cc1cccs1. The molecule has 0 bridgehead atoms. The fourth-order valence-corrected chi connectivity index (χ4v) is 1.50. The maximum Gasteiger partial charge on any atom is 0.138 e. The van der Waals surface area contributed by atoms with Crippen LogP contribution in [0.2, 0.25) is 0 Å². The molecule has 2 nitrogen and oxygen atoms in total. The Bertz CT molecular complexity index is 275. The van der Waals surface area contributed by atoms with Gasteiger partial charge in [-0.3, -0.25) is 0 Å². The second kappa shape index (κ2) is 3.75. The maximum absolute atomic E-state index is 8.46. The topological polar surface area (TPSA) is 47.6 Å². The molecule has 1 aromatic rings. The zero-order valence-electron chi connectivity index (χ0n) is 5.82. The average molecular weight is 162 g/mol. The van der Waals surface area contributed by atoms with Crippen LogP contribution in [0.3, 0.4) is 0 Å². The first-order valence-corrected chi connectivity index (χ1v) is 4.06. The van der Waals surface area contributed by atoms with E-state index >= 15 is 0 Å². The van der Waals surface area contributed by atoms with Crippen molar-refractivity contribution < 1.29 is 0 Å². The molecule has 0 aliphatic rings. The van der Waals surface area contributed by atoms with Crippen LogP contribution in [0.15, 0.2) is 17.5 Å². The van der Waals surface area contributed by atoms with E-state index in [4.69, 9.17) is 10.5 Å². The molecule has 11 heavy (non-hydrogen) atoms. The number of rotatable bonds is 2. The van der Waals surface area contributed by atoms with Crippen molar-refractivity contribution in [1.82, 2.24) is 0 Å². The van der Waals surface area contributed by atoms with Gasteiger partial charge in [0.25, 0.3) is 0 Å². The van der Waals surface area contributed by atoms with E-state index in [0.717, 1.165) is 4.88 Å². The number of thiophene rings is 1. The Morgan fingerprint density at radius 2 is 2.18 bits per heavy atom. The molecule has 0 N–H and O–H groups in total. The lowest BCUT2D eigenvalue weighted by Crippen LogP contribution is -1.95. The monoisotopic (exact) mass is 162 g/mol. The van der Waals surface area contributed by atoms with Crippen molar-refractivity contribution in [3.63, 3.8) is 0 Å². The summed E-state index contributed by atoms with van der Waals surface area (Å²) < 4.78 is 0. The Morgan fingerprint density at radius 1 is 1.45 bits per heavy atom. The lowest BCUT2D eigenvalue weighted by molar-refractivity contribution is 0.847. The van der Waals surface area contributed by atoms with Gasteiger partial charge in [-0.05, 0) is 11.4 Å². The highest BCUT2D eigenvalue weighted by Crippen LogP contribution is 2.13. The number of nitrogens with zero attached hydrogens (tertiary/aromatic N) is 2. The quantitative estimate of drug-likeness (QED) is 0.667. The van der Waals surface area contributed by atoms with Crippen LogP contribution in [0.4, 0.5) is 0 Å². The fourth-order valence-electron chi connectivity index (χ4n) is 0.750. The first kappa shape index (κ1) is 7.78. The van der Waals surface area contributed by atoms with Gasteiger partial charge in [-0.15, -0.1) is 11.3 Å². The van der Waals surface area contributed by atoms with Crippen LogP contribution in [0.5, 0.6) is 0 Å². The third kappa shape index (κ3) is 2.07. The molecule has 1 heterocycles. The van der Waals surface area contributed by atoms with Crippen molar-refractivity contribution in [1.29, 1.82) is 10.5 Å². The molecule has 1 aromatic heterocycles. The Hall–Kier alpha value is -1.32. The summed E-state index contributed by atoms with van der Waals surface area (Å²) in [5.74, 6) is -0.492. The van der Waals surface area contributed by atoms with Crippen molar-refractivity contribution in [3.8, 4) is 12.1 Å². The van der Waals surface area contributed by atoms with E-state index in [9.17, 15) is 0 Å². The van der Waals surface area contributed by atoms with E-state index in [0.29, 0.717) is 6.42 Å². The Balaban J connectivity index is 2.58. The summed E-state index contributed by atoms with van der Waals surface area (Å²) in [7, 11) is 0. The minimum atomic E-state index is -0.492. The van der Waals surface area contributed by atoms with Crippen LogP contribution < -0.4 is 0 Å². The van der Waals surface area contributed by atoms with Crippen LogP contribution in [-0.2, 0) is 6.42 Å². The first-order chi connectivity index (χ1) is 5.36. The minimum Gasteiger partial charge on any atom is -0.197 e. The fraction of sp³-hybridized carbons (Fsp3) is 0.250. The van der Waals surface area contributed by atoms with Crippen LogP contribution >= 0.6 is 11.3 Å². The molecule has 0 atom stereocenters. The molecule has 0 aliphatic carbocycles. The van der Waals surface area contributed by atoms with E-state index in [1.165, 1.54) is 0 Å². The first-order valence-electron chi connectivity index (χ1n) is 3.18. The molecule has 0 saturated carbocycles. The van der Waals surface area contributed by atoms with E-state index in [1.54, 1.807) is 11.3 Å². The zero-order valence-corrected chi connectivity index (χ0v) is 6.64. The predicted octanol–water partition coefficient (Wildman–Crippen LogP) is 1.95. The van der Waals surface area contributed by atoms with Crippen molar-refractivity contribution >= 4 is 11.3 Å². The van der Waals surface area contributed by atoms with Gasteiger partial charge < -0.3 is 0 Å². The minimum absolute atomic E-state index is 0.492. The van der Waals surface area contributed by atoms with E-state index in [-0.39, 0.29) is 0 Å². The molecule has 1 rings (SSSR count). The smallest absolute Gasteiger partial charge is 0.138 e. The normalized spacial score (nSPS) is 9.00. The standard InChI is InChI=1S/C8H6N2S/c9-5-7(6-10)4-8-2-1-3-11-8/h1-3,7H,4H2. The Labute approximate surface area is 69.3 Å². The van der Waals surface area contributed by atoms with Gasteiger partial charge in [0.1, 0.15) is 5.92 Å². The van der Waals surface area contributed by atoms with Gasteiger partial charge in [-0.25, -0.2) is 0 Å². The molecular formula is C8H6N2S. The number of hydrogen-bond acceptors (Lipinski definition) is 3. The summed E-state index contributed by atoms with van der Waals surface area (Å²) in [5, 5.41) is 18.9. The summed E-state index contributed by atoms with van der Waals surface area (Å²) in [6.45, 7) is 0. The number of nitriles is 2. The molecule has 3 heteroatoms. The Morgan fingerprint density at radius 3 is 2.64 bits per heavy atom. The highest BCUT2D eigenvalue weighted by Gasteiger charge is 2.06. The van der Waals surface area contributed by atoms with Crippen molar-refractivity contribution in [2.75, 3.05) is 0 Å². The van der Waals surface area contributed by atoms with Crippen LogP contribution in [0.25, 0.3) is 0 Å². The van der Waals surface area contributed by atoms with E-state index in [2.05, 4.69) is 0 Å². The predicted molar refractivity (Wildman–Crippen MR) is 42.7 cm³/mol. The summed E-state index contributed by atoms with van der Waals surface area (Å²) in [6.07, 6.45) is 0.560. The molecule has 0 aromatic carbocycles.